The summed E-state index contributed by atoms with van der Waals surface area (Å²) in [7, 11) is 2.10. The van der Waals surface area contributed by atoms with Gasteiger partial charge in [0.25, 0.3) is 0 Å². The second-order valence-corrected chi connectivity index (χ2v) is 9.59. The molecule has 7 nitrogen and oxygen atoms in total. The van der Waals surface area contributed by atoms with Gasteiger partial charge in [0.05, 0.1) is 11.4 Å². The van der Waals surface area contributed by atoms with E-state index in [1.54, 1.807) is 6.08 Å². The highest BCUT2D eigenvalue weighted by Crippen LogP contribution is 2.42. The summed E-state index contributed by atoms with van der Waals surface area (Å²) in [6, 6.07) is 8.14. The first kappa shape index (κ1) is 22.2. The number of hydrogen-bond donors (Lipinski definition) is 1. The Labute approximate surface area is 202 Å². The largest absolute Gasteiger partial charge is 0.383 e. The quantitative estimate of drug-likeness (QED) is 0.524. The van der Waals surface area contributed by atoms with E-state index < -0.39 is 0 Å². The number of anilines is 1. The molecule has 2 aromatic heterocycles. The van der Waals surface area contributed by atoms with Crippen LogP contribution in [0.1, 0.15) is 25.3 Å². The predicted octanol–water partition coefficient (Wildman–Crippen LogP) is 4.41. The number of aromatic nitrogens is 3. The first-order valence-corrected chi connectivity index (χ1v) is 11.9. The Hall–Kier alpha value is -2.61. The van der Waals surface area contributed by atoms with Crippen LogP contribution in [0.15, 0.2) is 42.7 Å². The lowest BCUT2D eigenvalue weighted by molar-refractivity contribution is -0.125. The van der Waals surface area contributed by atoms with E-state index in [0.29, 0.717) is 40.8 Å². The molecule has 0 unspecified atom stereocenters. The number of hydrogen-bond acceptors (Lipinski definition) is 5. The summed E-state index contributed by atoms with van der Waals surface area (Å²) in [6.45, 7) is 2.02. The molecule has 1 saturated carbocycles. The maximum absolute atomic E-state index is 12.8. The highest BCUT2D eigenvalue weighted by molar-refractivity contribution is 6.35. The van der Waals surface area contributed by atoms with Crippen LogP contribution < -0.4 is 5.73 Å². The minimum atomic E-state index is 0.00170. The summed E-state index contributed by atoms with van der Waals surface area (Å²) < 4.78 is 2.00. The van der Waals surface area contributed by atoms with Gasteiger partial charge in [-0.25, -0.2) is 9.97 Å². The number of benzene rings is 1. The van der Waals surface area contributed by atoms with E-state index in [0.717, 1.165) is 29.5 Å². The molecule has 1 saturated heterocycles. The molecule has 5 rings (SSSR count). The van der Waals surface area contributed by atoms with Crippen LogP contribution in [0.3, 0.4) is 0 Å². The third-order valence-corrected chi connectivity index (χ3v) is 7.17. The zero-order chi connectivity index (χ0) is 23.1. The van der Waals surface area contributed by atoms with Gasteiger partial charge >= 0.3 is 0 Å². The fourth-order valence-corrected chi connectivity index (χ4v) is 5.13. The third-order valence-electron chi connectivity index (χ3n) is 6.55. The van der Waals surface area contributed by atoms with Gasteiger partial charge in [-0.15, -0.1) is 0 Å². The number of carbonyl (C=O) groups is 1. The number of nitrogens with zero attached hydrogens (tertiary/aromatic N) is 5. The topological polar surface area (TPSA) is 80.3 Å². The third kappa shape index (κ3) is 4.33. The van der Waals surface area contributed by atoms with Gasteiger partial charge in [0, 0.05) is 42.3 Å². The molecule has 0 spiro atoms. The molecule has 2 aliphatic rings. The van der Waals surface area contributed by atoms with Crippen molar-refractivity contribution in [3.05, 3.63) is 52.9 Å². The molecule has 2 fully saturated rings. The fourth-order valence-electron chi connectivity index (χ4n) is 4.58. The molecule has 2 N–H and O–H groups in total. The van der Waals surface area contributed by atoms with Crippen molar-refractivity contribution in [3.63, 3.8) is 0 Å². The molecule has 172 valence electrons. The number of nitrogens with two attached hydrogens (primary N) is 1. The van der Waals surface area contributed by atoms with Gasteiger partial charge < -0.3 is 15.2 Å². The van der Waals surface area contributed by atoms with Crippen molar-refractivity contribution in [1.29, 1.82) is 0 Å². The molecule has 0 radical (unpaired) electrons. The van der Waals surface area contributed by atoms with Gasteiger partial charge in [-0.3, -0.25) is 9.69 Å². The van der Waals surface area contributed by atoms with E-state index in [2.05, 4.69) is 21.9 Å². The van der Waals surface area contributed by atoms with Crippen LogP contribution in [0.25, 0.3) is 22.2 Å². The van der Waals surface area contributed by atoms with Crippen LogP contribution in [0, 0.1) is 0 Å². The van der Waals surface area contributed by atoms with E-state index in [-0.39, 0.29) is 11.9 Å². The molecule has 1 amide bonds. The van der Waals surface area contributed by atoms with Crippen LogP contribution in [-0.4, -0.2) is 63.0 Å². The Bertz CT molecular complexity index is 1220. The van der Waals surface area contributed by atoms with Crippen LogP contribution in [0.2, 0.25) is 10.2 Å². The van der Waals surface area contributed by atoms with Crippen molar-refractivity contribution in [3.8, 4) is 11.1 Å². The summed E-state index contributed by atoms with van der Waals surface area (Å²) in [6.07, 6.45) is 8.39. The Morgan fingerprint density at radius 2 is 1.97 bits per heavy atom. The summed E-state index contributed by atoms with van der Waals surface area (Å²) >= 11 is 13.0. The molecule has 3 heterocycles. The molecule has 0 bridgehead atoms. The number of fused-ring (bicyclic) bond motifs is 1. The Balaban J connectivity index is 1.41. The summed E-state index contributed by atoms with van der Waals surface area (Å²) in [5.74, 6) is 0.403. The normalized spacial score (nSPS) is 18.8. The average molecular weight is 485 g/mol. The van der Waals surface area contributed by atoms with Crippen molar-refractivity contribution in [2.24, 2.45) is 0 Å². The second kappa shape index (κ2) is 8.97. The molecule has 1 aliphatic carbocycles. The van der Waals surface area contributed by atoms with Crippen LogP contribution >= 0.6 is 23.2 Å². The van der Waals surface area contributed by atoms with Gasteiger partial charge in [-0.2, -0.15) is 0 Å². The van der Waals surface area contributed by atoms with E-state index in [9.17, 15) is 4.79 Å². The number of rotatable bonds is 6. The molecule has 1 aliphatic heterocycles. The molecule has 9 heteroatoms. The first-order chi connectivity index (χ1) is 15.9. The number of likely N-dealkylation sites (tertiary alicyclic amines) is 1. The van der Waals surface area contributed by atoms with Crippen molar-refractivity contribution in [2.45, 2.75) is 31.3 Å². The second-order valence-electron chi connectivity index (χ2n) is 8.80. The van der Waals surface area contributed by atoms with Gasteiger partial charge in [-0.1, -0.05) is 41.4 Å². The summed E-state index contributed by atoms with van der Waals surface area (Å²) in [4.78, 5) is 25.6. The van der Waals surface area contributed by atoms with Crippen molar-refractivity contribution in [2.75, 3.05) is 32.4 Å². The summed E-state index contributed by atoms with van der Waals surface area (Å²) in [5, 5.41) is 1.90. The van der Waals surface area contributed by atoms with Gasteiger partial charge in [0.2, 0.25) is 5.91 Å². The Morgan fingerprint density at radius 1 is 1.21 bits per heavy atom. The van der Waals surface area contributed by atoms with Gasteiger partial charge in [-0.05, 0) is 44.0 Å². The molecule has 33 heavy (non-hydrogen) atoms. The van der Waals surface area contributed by atoms with Crippen molar-refractivity contribution in [1.82, 2.24) is 24.3 Å². The number of nitrogen functional groups attached to an aromatic ring is 1. The van der Waals surface area contributed by atoms with Crippen LogP contribution in [0.4, 0.5) is 5.82 Å². The van der Waals surface area contributed by atoms with E-state index >= 15 is 0 Å². The van der Waals surface area contributed by atoms with Crippen LogP contribution in [0.5, 0.6) is 0 Å². The standard InChI is InChI=1S/C24H26Cl2N6O/c1-30(17-8-9-17)11-2-3-19(33)31-12-10-18(13-31)32-22(26)20(15-4-6-16(25)7-5-15)21-23(27)28-14-29-24(21)32/h2-7,14,17-18H,8-13H2,1H3,(H2,27,28,29)/t18-/m1/s1. The van der Waals surface area contributed by atoms with Crippen molar-refractivity contribution >= 4 is 46.0 Å². The number of halogens is 2. The minimum absolute atomic E-state index is 0.00170. The SMILES string of the molecule is CN(CC=CC(=O)N1CC[C@@H](n2c(Cl)c(-c3ccc(Cl)cc3)c3c(N)ncnc32)C1)C1CC1. The smallest absolute Gasteiger partial charge is 0.246 e. The lowest BCUT2D eigenvalue weighted by atomic mass is 10.1. The summed E-state index contributed by atoms with van der Waals surface area (Å²) in [5.41, 5.74) is 8.62. The van der Waals surface area contributed by atoms with Gasteiger partial charge in [0.1, 0.15) is 22.9 Å². The zero-order valence-electron chi connectivity index (χ0n) is 18.4. The maximum atomic E-state index is 12.8. The van der Waals surface area contributed by atoms with Gasteiger partial charge in [0.15, 0.2) is 0 Å². The molecular formula is C24H26Cl2N6O. The fraction of sp³-hybridized carbons (Fsp3) is 0.375. The number of amides is 1. The van der Waals surface area contributed by atoms with E-state index in [1.165, 1.54) is 19.2 Å². The maximum Gasteiger partial charge on any atom is 0.246 e. The van der Waals surface area contributed by atoms with E-state index in [1.807, 2.05) is 39.8 Å². The molecule has 1 atom stereocenters. The molecule has 1 aromatic carbocycles. The van der Waals surface area contributed by atoms with E-state index in [4.69, 9.17) is 28.9 Å². The zero-order valence-corrected chi connectivity index (χ0v) is 19.9. The minimum Gasteiger partial charge on any atom is -0.383 e. The van der Waals surface area contributed by atoms with Crippen molar-refractivity contribution < 1.29 is 4.79 Å². The number of likely N-dealkylation sites (N-methyl/N-ethyl adjacent to an activating group) is 1. The highest BCUT2D eigenvalue weighted by atomic mass is 35.5. The monoisotopic (exact) mass is 484 g/mol. The lowest BCUT2D eigenvalue weighted by Gasteiger charge is -2.17. The first-order valence-electron chi connectivity index (χ1n) is 11.2. The van der Waals surface area contributed by atoms with Crippen LogP contribution in [-0.2, 0) is 4.79 Å². The predicted molar refractivity (Wildman–Crippen MR) is 132 cm³/mol. The molecular weight excluding hydrogens is 459 g/mol. The highest BCUT2D eigenvalue weighted by Gasteiger charge is 2.32. The molecule has 3 aromatic rings. The lowest BCUT2D eigenvalue weighted by Crippen LogP contribution is -2.28. The number of carbonyl (C=O) groups excluding carboxylic acids is 1. The Kier molecular flexibility index (Phi) is 6.03. The Morgan fingerprint density at radius 3 is 2.70 bits per heavy atom. The average Bonchev–Trinajstić information content (AvgIpc) is 3.46.